The molecule has 2 aromatic carbocycles. The lowest BCUT2D eigenvalue weighted by Crippen LogP contribution is -2.49. The van der Waals surface area contributed by atoms with E-state index in [0.717, 1.165) is 42.9 Å². The molecular formula is C24H32N4O4S. The average Bonchev–Trinajstić information content (AvgIpc) is 3.32. The molecule has 8 nitrogen and oxygen atoms in total. The lowest BCUT2D eigenvalue weighted by molar-refractivity contribution is -0.137. The van der Waals surface area contributed by atoms with Crippen molar-refractivity contribution in [1.29, 1.82) is 0 Å². The summed E-state index contributed by atoms with van der Waals surface area (Å²) in [5.74, 6) is -0.123. The molecule has 0 unspecified atom stereocenters. The Kier molecular flexibility index (Phi) is 7.31. The van der Waals surface area contributed by atoms with Crippen molar-refractivity contribution in [1.82, 2.24) is 14.9 Å². The van der Waals surface area contributed by atoms with E-state index >= 15 is 0 Å². The zero-order chi connectivity index (χ0) is 23.4. The fourth-order valence-corrected chi connectivity index (χ4v) is 5.78. The molecule has 9 heteroatoms. The van der Waals surface area contributed by atoms with E-state index in [1.165, 1.54) is 11.0 Å². The van der Waals surface area contributed by atoms with Gasteiger partial charge in [0.2, 0.25) is 21.8 Å². The van der Waals surface area contributed by atoms with Gasteiger partial charge in [0.15, 0.2) is 0 Å². The summed E-state index contributed by atoms with van der Waals surface area (Å²) in [4.78, 5) is 27.1. The summed E-state index contributed by atoms with van der Waals surface area (Å²) in [5.41, 5.74) is 5.94. The average molecular weight is 473 g/mol. The summed E-state index contributed by atoms with van der Waals surface area (Å²) in [7, 11) is -3.85. The van der Waals surface area contributed by atoms with Gasteiger partial charge in [-0.15, -0.1) is 0 Å². The van der Waals surface area contributed by atoms with Gasteiger partial charge < -0.3 is 16.0 Å². The first kappa shape index (κ1) is 23.7. The smallest absolute Gasteiger partial charge is 0.242 e. The summed E-state index contributed by atoms with van der Waals surface area (Å²) in [5, 5.41) is 4.74. The van der Waals surface area contributed by atoms with Gasteiger partial charge in [0.05, 0.1) is 11.4 Å². The second-order valence-corrected chi connectivity index (χ2v) is 10.9. The number of nitrogens with zero attached hydrogens (tertiary/aromatic N) is 1. The zero-order valence-corrected chi connectivity index (χ0v) is 19.5. The number of benzene rings is 2. The highest BCUT2D eigenvalue weighted by Gasteiger charge is 2.34. The molecule has 2 fully saturated rings. The van der Waals surface area contributed by atoms with Gasteiger partial charge >= 0.3 is 0 Å². The monoisotopic (exact) mass is 472 g/mol. The van der Waals surface area contributed by atoms with E-state index in [-0.39, 0.29) is 29.3 Å². The highest BCUT2D eigenvalue weighted by atomic mass is 32.2. The van der Waals surface area contributed by atoms with Crippen LogP contribution in [0, 0.1) is 5.92 Å². The number of hydrogen-bond acceptors (Lipinski definition) is 5. The van der Waals surface area contributed by atoms with Crippen LogP contribution in [0.15, 0.2) is 47.4 Å². The topological polar surface area (TPSA) is 122 Å². The Balaban J connectivity index is 1.32. The zero-order valence-electron chi connectivity index (χ0n) is 18.7. The fourth-order valence-electron chi connectivity index (χ4n) is 4.77. The van der Waals surface area contributed by atoms with Crippen molar-refractivity contribution in [3.05, 3.63) is 42.5 Å². The minimum absolute atomic E-state index is 0.108. The highest BCUT2D eigenvalue weighted by Crippen LogP contribution is 2.23. The third-order valence-corrected chi connectivity index (χ3v) is 8.18. The number of nitrogens with one attached hydrogen (secondary N) is 2. The van der Waals surface area contributed by atoms with Crippen LogP contribution in [0.4, 0.5) is 0 Å². The second kappa shape index (κ2) is 10.2. The highest BCUT2D eigenvalue weighted by molar-refractivity contribution is 7.89. The van der Waals surface area contributed by atoms with Crippen molar-refractivity contribution < 1.29 is 18.0 Å². The van der Waals surface area contributed by atoms with Gasteiger partial charge in [-0.3, -0.25) is 9.59 Å². The molecule has 2 aliphatic rings. The van der Waals surface area contributed by atoms with Crippen molar-refractivity contribution in [2.24, 2.45) is 11.7 Å². The molecule has 1 aliphatic heterocycles. The molecule has 0 bridgehead atoms. The lowest BCUT2D eigenvalue weighted by Gasteiger charge is -2.28. The van der Waals surface area contributed by atoms with E-state index in [0.29, 0.717) is 25.4 Å². The number of nitrogens with two attached hydrogens (primary N) is 1. The Morgan fingerprint density at radius 1 is 1.00 bits per heavy atom. The van der Waals surface area contributed by atoms with E-state index < -0.39 is 16.1 Å². The summed E-state index contributed by atoms with van der Waals surface area (Å²) in [6.07, 6.45) is 5.28. The Morgan fingerprint density at radius 2 is 1.73 bits per heavy atom. The summed E-state index contributed by atoms with van der Waals surface area (Å²) >= 11 is 0. The van der Waals surface area contributed by atoms with E-state index in [9.17, 15) is 18.0 Å². The van der Waals surface area contributed by atoms with Crippen LogP contribution >= 0.6 is 0 Å². The van der Waals surface area contributed by atoms with Crippen LogP contribution in [-0.4, -0.2) is 56.9 Å². The Hall–Kier alpha value is -2.49. The number of fused-ring (bicyclic) bond motifs is 1. The van der Waals surface area contributed by atoms with Crippen LogP contribution in [0.1, 0.15) is 38.5 Å². The first-order valence-electron chi connectivity index (χ1n) is 11.6. The molecule has 4 rings (SSSR count). The van der Waals surface area contributed by atoms with Crippen molar-refractivity contribution >= 4 is 32.6 Å². The quantitative estimate of drug-likeness (QED) is 0.567. The molecule has 2 aromatic rings. The number of likely N-dealkylation sites (tertiary alicyclic amines) is 1. The van der Waals surface area contributed by atoms with Crippen LogP contribution in [0.3, 0.4) is 0 Å². The molecule has 0 spiro atoms. The summed E-state index contributed by atoms with van der Waals surface area (Å²) in [6.45, 7) is 0.672. The van der Waals surface area contributed by atoms with E-state index in [1.54, 1.807) is 12.1 Å². The van der Waals surface area contributed by atoms with Gasteiger partial charge in [0.1, 0.15) is 6.04 Å². The van der Waals surface area contributed by atoms with Crippen molar-refractivity contribution in [3.63, 3.8) is 0 Å². The predicted molar refractivity (Wildman–Crippen MR) is 127 cm³/mol. The molecule has 0 radical (unpaired) electrons. The fraction of sp³-hybridized carbons (Fsp3) is 0.500. The minimum Gasteiger partial charge on any atom is -0.354 e. The van der Waals surface area contributed by atoms with E-state index in [4.69, 9.17) is 5.73 Å². The normalized spacial score (nSPS) is 23.5. The molecule has 1 aliphatic carbocycles. The number of sulfonamides is 1. The van der Waals surface area contributed by atoms with Gasteiger partial charge in [-0.05, 0) is 67.3 Å². The molecule has 4 N–H and O–H groups in total. The van der Waals surface area contributed by atoms with Gasteiger partial charge in [0.25, 0.3) is 0 Å². The van der Waals surface area contributed by atoms with Gasteiger partial charge in [-0.1, -0.05) is 30.3 Å². The summed E-state index contributed by atoms with van der Waals surface area (Å²) in [6, 6.07) is 12.1. The molecule has 1 atom stereocenters. The Morgan fingerprint density at radius 3 is 2.48 bits per heavy atom. The number of hydrogen-bond donors (Lipinski definition) is 3. The second-order valence-electron chi connectivity index (χ2n) is 9.10. The molecule has 1 saturated carbocycles. The maximum Gasteiger partial charge on any atom is 0.242 e. The van der Waals surface area contributed by atoms with Crippen molar-refractivity contribution in [2.75, 3.05) is 19.6 Å². The molecular weight excluding hydrogens is 440 g/mol. The van der Waals surface area contributed by atoms with Crippen LogP contribution in [-0.2, 0) is 19.6 Å². The third kappa shape index (κ3) is 5.72. The van der Waals surface area contributed by atoms with Crippen molar-refractivity contribution in [3.8, 4) is 0 Å². The maximum absolute atomic E-state index is 12.8. The van der Waals surface area contributed by atoms with Crippen LogP contribution < -0.4 is 15.8 Å². The molecule has 33 heavy (non-hydrogen) atoms. The predicted octanol–water partition coefficient (Wildman–Crippen LogP) is 1.74. The molecule has 1 heterocycles. The SMILES string of the molecule is N[C@H]1CC[C@H](CNC(=O)[C@@H]2CCCN2C(=O)CNS(=O)(=O)c2ccc3ccccc3c2)CC1. The molecule has 178 valence electrons. The third-order valence-electron chi connectivity index (χ3n) is 6.78. The summed E-state index contributed by atoms with van der Waals surface area (Å²) < 4.78 is 27.9. The largest absolute Gasteiger partial charge is 0.354 e. The van der Waals surface area contributed by atoms with Gasteiger partial charge in [0, 0.05) is 19.1 Å². The van der Waals surface area contributed by atoms with Crippen LogP contribution in [0.25, 0.3) is 10.8 Å². The maximum atomic E-state index is 12.8. The standard InChI is InChI=1S/C24H32N4O4S/c25-20-10-7-17(8-11-20)15-26-24(30)22-6-3-13-28(22)23(29)16-27-33(31,32)21-12-9-18-4-1-2-5-19(18)14-21/h1-2,4-5,9,12,14,17,20,22,27H,3,6-8,10-11,13,15-16,25H2,(H,26,30)/t17-,20-,22-/m0/s1. The Bertz CT molecular complexity index is 1110. The first-order chi connectivity index (χ1) is 15.8. The molecule has 2 amide bonds. The van der Waals surface area contributed by atoms with E-state index in [1.807, 2.05) is 24.3 Å². The van der Waals surface area contributed by atoms with Crippen LogP contribution in [0.2, 0.25) is 0 Å². The Labute approximate surface area is 194 Å². The molecule has 1 saturated heterocycles. The van der Waals surface area contributed by atoms with Crippen LogP contribution in [0.5, 0.6) is 0 Å². The van der Waals surface area contributed by atoms with E-state index in [2.05, 4.69) is 10.0 Å². The molecule has 0 aromatic heterocycles. The minimum atomic E-state index is -3.85. The van der Waals surface area contributed by atoms with Gasteiger partial charge in [-0.25, -0.2) is 13.1 Å². The van der Waals surface area contributed by atoms with Gasteiger partial charge in [-0.2, -0.15) is 0 Å². The number of rotatable bonds is 7. The lowest BCUT2D eigenvalue weighted by atomic mass is 9.86. The number of carbonyl (C=O) groups is 2. The first-order valence-corrected chi connectivity index (χ1v) is 13.1. The number of carbonyl (C=O) groups excluding carboxylic acids is 2. The number of amides is 2. The van der Waals surface area contributed by atoms with Crippen molar-refractivity contribution in [2.45, 2.75) is 55.5 Å².